The number of methoxy groups -OCH3 is 1. The Bertz CT molecular complexity index is 1750. The second kappa shape index (κ2) is 14.9. The van der Waals surface area contributed by atoms with Crippen LogP contribution < -0.4 is 10.6 Å². The summed E-state index contributed by atoms with van der Waals surface area (Å²) in [6.45, 7) is 6.07. The molecular weight excluding hydrogens is 635 g/mol. The van der Waals surface area contributed by atoms with Crippen LogP contribution in [0.2, 0.25) is 0 Å². The van der Waals surface area contributed by atoms with E-state index in [1.807, 2.05) is 106 Å². The number of thioether (sulfide) groups is 1. The molecule has 3 amide bonds. The highest BCUT2D eigenvalue weighted by atomic mass is 32.2. The fraction of sp³-hybridized carbons (Fsp3) is 0.278. The third kappa shape index (κ3) is 8.81. The fourth-order valence-corrected chi connectivity index (χ4v) is 7.48. The van der Waals surface area contributed by atoms with Gasteiger partial charge in [-0.1, -0.05) is 66.7 Å². The van der Waals surface area contributed by atoms with Crippen LogP contribution in [-0.4, -0.2) is 48.0 Å². The fourth-order valence-electron chi connectivity index (χ4n) is 5.14. The molecule has 3 aromatic carbocycles. The van der Waals surface area contributed by atoms with Gasteiger partial charge in [-0.3, -0.25) is 9.59 Å². The van der Waals surface area contributed by atoms with Crippen LogP contribution in [0.3, 0.4) is 0 Å². The van der Waals surface area contributed by atoms with Crippen LogP contribution in [0.1, 0.15) is 57.9 Å². The Balaban J connectivity index is 1.37. The number of anilines is 2. The molecule has 1 aliphatic rings. The van der Waals surface area contributed by atoms with E-state index >= 15 is 0 Å². The predicted molar refractivity (Wildman–Crippen MR) is 185 cm³/mol. The number of nitrogens with one attached hydrogen (secondary N) is 2. The molecular formula is C36H37N3O6S2. The van der Waals surface area contributed by atoms with Gasteiger partial charge in [0.25, 0.3) is 0 Å². The molecule has 0 saturated heterocycles. The summed E-state index contributed by atoms with van der Waals surface area (Å²) in [6.07, 6.45) is 0.238. The number of carbonyl (C=O) groups excluding carboxylic acids is 4. The molecule has 1 unspecified atom stereocenters. The van der Waals surface area contributed by atoms with Crippen LogP contribution in [0.5, 0.6) is 0 Å². The molecule has 244 valence electrons. The lowest BCUT2D eigenvalue weighted by Crippen LogP contribution is -2.39. The SMILES string of the molecule is COC(=O)c1c(NC(=O)C(Sc2cccc(NC(=O)Cc3ccccc3)c2)c2ccccc2)sc2c1CCN(C(=O)OC(C)(C)C)C2. The van der Waals surface area contributed by atoms with Crippen molar-refractivity contribution in [2.45, 2.75) is 55.9 Å². The number of carbonyl (C=O) groups is 4. The first-order valence-corrected chi connectivity index (χ1v) is 16.9. The van der Waals surface area contributed by atoms with Crippen LogP contribution in [-0.2, 0) is 38.4 Å². The van der Waals surface area contributed by atoms with Crippen molar-refractivity contribution in [3.05, 3.63) is 112 Å². The second-order valence-electron chi connectivity index (χ2n) is 12.0. The van der Waals surface area contributed by atoms with Crippen molar-refractivity contribution in [2.24, 2.45) is 0 Å². The van der Waals surface area contributed by atoms with E-state index in [1.54, 1.807) is 4.90 Å². The lowest BCUT2D eigenvalue weighted by Gasteiger charge is -2.30. The predicted octanol–water partition coefficient (Wildman–Crippen LogP) is 7.48. The van der Waals surface area contributed by atoms with E-state index in [2.05, 4.69) is 10.6 Å². The number of rotatable bonds is 9. The van der Waals surface area contributed by atoms with Gasteiger partial charge in [0, 0.05) is 22.0 Å². The Hall–Kier alpha value is -4.61. The van der Waals surface area contributed by atoms with E-state index in [9.17, 15) is 19.2 Å². The summed E-state index contributed by atoms with van der Waals surface area (Å²) in [7, 11) is 1.31. The first kappa shape index (κ1) is 33.7. The smallest absolute Gasteiger partial charge is 0.410 e. The van der Waals surface area contributed by atoms with Crippen LogP contribution in [0.15, 0.2) is 89.8 Å². The zero-order chi connectivity index (χ0) is 33.6. The van der Waals surface area contributed by atoms with Gasteiger partial charge in [0.05, 0.1) is 25.6 Å². The van der Waals surface area contributed by atoms with Crippen molar-refractivity contribution in [3.63, 3.8) is 0 Å². The monoisotopic (exact) mass is 671 g/mol. The van der Waals surface area contributed by atoms with Crippen molar-refractivity contribution in [1.82, 2.24) is 4.90 Å². The molecule has 11 heteroatoms. The molecule has 1 aliphatic heterocycles. The van der Waals surface area contributed by atoms with Crippen molar-refractivity contribution < 1.29 is 28.7 Å². The lowest BCUT2D eigenvalue weighted by molar-refractivity contribution is -0.116. The minimum atomic E-state index is -0.686. The van der Waals surface area contributed by atoms with Crippen LogP contribution in [0.4, 0.5) is 15.5 Å². The molecule has 2 heterocycles. The molecule has 0 fully saturated rings. The van der Waals surface area contributed by atoms with Crippen LogP contribution >= 0.6 is 23.1 Å². The molecule has 0 spiro atoms. The van der Waals surface area contributed by atoms with Gasteiger partial charge in [-0.2, -0.15) is 0 Å². The molecule has 0 radical (unpaired) electrons. The largest absolute Gasteiger partial charge is 0.465 e. The molecule has 9 nitrogen and oxygen atoms in total. The molecule has 5 rings (SSSR count). The average Bonchev–Trinajstić information content (AvgIpc) is 3.40. The third-order valence-electron chi connectivity index (χ3n) is 7.25. The van der Waals surface area contributed by atoms with Gasteiger partial charge >= 0.3 is 12.1 Å². The molecule has 2 N–H and O–H groups in total. The minimum absolute atomic E-state index is 0.141. The van der Waals surface area contributed by atoms with Crippen LogP contribution in [0, 0.1) is 0 Å². The zero-order valence-electron chi connectivity index (χ0n) is 26.7. The summed E-state index contributed by atoms with van der Waals surface area (Å²) < 4.78 is 10.7. The number of hydrogen-bond donors (Lipinski definition) is 2. The van der Waals surface area contributed by atoms with Gasteiger partial charge in [0.2, 0.25) is 11.8 Å². The molecule has 1 atom stereocenters. The first-order valence-electron chi connectivity index (χ1n) is 15.2. The highest BCUT2D eigenvalue weighted by Crippen LogP contribution is 2.41. The van der Waals surface area contributed by atoms with E-state index in [1.165, 1.54) is 30.2 Å². The van der Waals surface area contributed by atoms with E-state index in [0.717, 1.165) is 26.5 Å². The Labute approximate surface area is 282 Å². The quantitative estimate of drug-likeness (QED) is 0.140. The summed E-state index contributed by atoms with van der Waals surface area (Å²) in [4.78, 5) is 55.7. The Morgan fingerprint density at radius 2 is 1.64 bits per heavy atom. The zero-order valence-corrected chi connectivity index (χ0v) is 28.3. The molecule has 1 aromatic heterocycles. The first-order chi connectivity index (χ1) is 22.5. The van der Waals surface area contributed by atoms with E-state index in [4.69, 9.17) is 9.47 Å². The number of hydrogen-bond acceptors (Lipinski definition) is 8. The van der Waals surface area contributed by atoms with Gasteiger partial charge in [-0.15, -0.1) is 23.1 Å². The molecule has 0 bridgehead atoms. The van der Waals surface area contributed by atoms with Gasteiger partial charge < -0.3 is 25.0 Å². The number of nitrogens with zero attached hydrogens (tertiary/aromatic N) is 1. The highest BCUT2D eigenvalue weighted by molar-refractivity contribution is 8.00. The van der Waals surface area contributed by atoms with Gasteiger partial charge in [0.15, 0.2) is 0 Å². The summed E-state index contributed by atoms with van der Waals surface area (Å²) in [6, 6.07) is 26.2. The van der Waals surface area contributed by atoms with Crippen molar-refractivity contribution in [2.75, 3.05) is 24.3 Å². The number of esters is 1. The van der Waals surface area contributed by atoms with E-state index < -0.39 is 22.9 Å². The van der Waals surface area contributed by atoms with Gasteiger partial charge in [-0.25, -0.2) is 9.59 Å². The second-order valence-corrected chi connectivity index (χ2v) is 14.3. The maximum atomic E-state index is 14.1. The van der Waals surface area contributed by atoms with Gasteiger partial charge in [0.1, 0.15) is 15.9 Å². The molecule has 4 aromatic rings. The van der Waals surface area contributed by atoms with Gasteiger partial charge in [-0.05, 0) is 62.1 Å². The lowest BCUT2D eigenvalue weighted by atomic mass is 10.0. The maximum absolute atomic E-state index is 14.1. The summed E-state index contributed by atoms with van der Waals surface area (Å²) in [5.74, 6) is -1.02. The standard InChI is InChI=1S/C36H37N3O6S2/c1-36(2,3)45-35(43)39-19-18-27-28(22-39)47-33(30(27)34(42)44-4)38-32(41)31(24-14-9-6-10-15-24)46-26-17-11-16-25(21-26)37-29(40)20-23-12-7-5-8-13-23/h5-17,21,31H,18-20,22H2,1-4H3,(H,37,40)(H,38,41). The summed E-state index contributed by atoms with van der Waals surface area (Å²) >= 11 is 2.60. The summed E-state index contributed by atoms with van der Waals surface area (Å²) in [5.41, 5.74) is 2.74. The van der Waals surface area contributed by atoms with Crippen molar-refractivity contribution in [3.8, 4) is 0 Å². The van der Waals surface area contributed by atoms with E-state index in [-0.39, 0.29) is 24.8 Å². The number of thiophene rings is 1. The highest BCUT2D eigenvalue weighted by Gasteiger charge is 2.33. The Morgan fingerprint density at radius 3 is 2.32 bits per heavy atom. The summed E-state index contributed by atoms with van der Waals surface area (Å²) in [5, 5.41) is 5.65. The van der Waals surface area contributed by atoms with Crippen molar-refractivity contribution >= 4 is 57.7 Å². The molecule has 0 saturated carbocycles. The number of amides is 3. The molecule has 0 aliphatic carbocycles. The number of ether oxygens (including phenoxy) is 2. The number of benzene rings is 3. The van der Waals surface area contributed by atoms with Crippen molar-refractivity contribution in [1.29, 1.82) is 0 Å². The Morgan fingerprint density at radius 1 is 0.936 bits per heavy atom. The number of fused-ring (bicyclic) bond motifs is 1. The maximum Gasteiger partial charge on any atom is 0.410 e. The topological polar surface area (TPSA) is 114 Å². The van der Waals surface area contributed by atoms with Crippen LogP contribution in [0.25, 0.3) is 0 Å². The normalized spacial score (nSPS) is 13.2. The average molecular weight is 672 g/mol. The van der Waals surface area contributed by atoms with E-state index in [0.29, 0.717) is 29.2 Å². The minimum Gasteiger partial charge on any atom is -0.465 e. The Kier molecular flexibility index (Phi) is 10.7. The molecule has 47 heavy (non-hydrogen) atoms. The third-order valence-corrected chi connectivity index (χ3v) is 9.63.